The number of hydrogen-bond donors (Lipinski definition) is 2. The van der Waals surface area contributed by atoms with Crippen LogP contribution < -0.4 is 11.2 Å². The lowest BCUT2D eigenvalue weighted by molar-refractivity contribution is -0.000458. The molecule has 0 aliphatic carbocycles. The van der Waals surface area contributed by atoms with E-state index in [4.69, 9.17) is 10.7 Å². The van der Waals surface area contributed by atoms with Gasteiger partial charge in [-0.3, -0.25) is 9.63 Å². The Bertz CT molecular complexity index is 1520. The maximum atomic E-state index is 13.0. The molecule has 0 spiro atoms. The molecule has 2 aliphatic heterocycles. The fourth-order valence-electron chi connectivity index (χ4n) is 5.59. The molecule has 1 unspecified atom stereocenters. The van der Waals surface area contributed by atoms with Crippen LogP contribution in [0.5, 0.6) is 0 Å². The molecule has 4 heterocycles. The largest absolute Gasteiger partial charge is 0.348 e. The Hall–Kier alpha value is -3.35. The van der Waals surface area contributed by atoms with E-state index in [0.29, 0.717) is 6.54 Å². The topological polar surface area (TPSA) is 74.2 Å². The average Bonchev–Trinajstić information content (AvgIpc) is 3.35. The third kappa shape index (κ3) is 1.68. The molecule has 2 aliphatic rings. The number of aromatic nitrogens is 2. The maximum absolute atomic E-state index is 13.0. The van der Waals surface area contributed by atoms with Gasteiger partial charge in [-0.05, 0) is 17.7 Å². The van der Waals surface area contributed by atoms with Crippen molar-refractivity contribution in [2.45, 2.75) is 25.7 Å². The number of rotatable bonds is 1. The monoisotopic (exact) mass is 382 g/mol. The lowest BCUT2D eigenvalue weighted by Crippen LogP contribution is -2.16. The molecule has 0 saturated carbocycles. The number of hydrogen-bond acceptors (Lipinski definition) is 3. The Kier molecular flexibility index (Phi) is 2.77. The van der Waals surface area contributed by atoms with E-state index in [2.05, 4.69) is 44.8 Å². The van der Waals surface area contributed by atoms with Gasteiger partial charge in [0, 0.05) is 46.6 Å². The summed E-state index contributed by atoms with van der Waals surface area (Å²) in [6.07, 6.45) is 0.492. The number of benzene rings is 3. The summed E-state index contributed by atoms with van der Waals surface area (Å²) in [6, 6.07) is 16.7. The Balaban J connectivity index is 1.90. The number of amides is 1. The molecule has 7 rings (SSSR count). The number of aryl methyl sites for hydroxylation is 1. The number of nitrogens with two attached hydrogens (primary N) is 1. The second-order valence-corrected chi connectivity index (χ2v) is 7.92. The second kappa shape index (κ2) is 5.17. The summed E-state index contributed by atoms with van der Waals surface area (Å²) < 4.78 is 4.58. The summed E-state index contributed by atoms with van der Waals surface area (Å²) in [5.41, 5.74) is 6.34. The number of carbonyl (C=O) groups excluding carboxylic acids is 1. The van der Waals surface area contributed by atoms with Crippen molar-refractivity contribution in [3.63, 3.8) is 0 Å². The summed E-state index contributed by atoms with van der Waals surface area (Å²) in [6.45, 7) is 1.32. The number of nitrogens with one attached hydrogen (secondary N) is 1. The molecule has 6 nitrogen and oxygen atoms in total. The predicted molar refractivity (Wildman–Crippen MR) is 113 cm³/mol. The van der Waals surface area contributed by atoms with Crippen molar-refractivity contribution in [1.29, 1.82) is 0 Å². The minimum Gasteiger partial charge on any atom is -0.348 e. The molecule has 6 heteroatoms. The van der Waals surface area contributed by atoms with Gasteiger partial charge < -0.3 is 14.5 Å². The lowest BCUT2D eigenvalue weighted by atomic mass is 9.97. The standard InChI is InChI=1S/C23H18N4O2/c24-29-17-9-10-26-15-7-3-1-5-12(15)19-20-14(11-25-23(20)28)18-13-6-2-4-8-16(13)27(17)22(18)21(19)26/h1-8,17H,9-11,24H2,(H,25,28). The first-order valence-electron chi connectivity index (χ1n) is 9.91. The van der Waals surface area contributed by atoms with E-state index < -0.39 is 0 Å². The van der Waals surface area contributed by atoms with Crippen LogP contribution in [0.3, 0.4) is 0 Å². The van der Waals surface area contributed by atoms with E-state index in [-0.39, 0.29) is 12.1 Å². The van der Waals surface area contributed by atoms with Gasteiger partial charge in [0.25, 0.3) is 5.91 Å². The number of carbonyl (C=O) groups is 1. The van der Waals surface area contributed by atoms with Gasteiger partial charge >= 0.3 is 0 Å². The summed E-state index contributed by atoms with van der Waals surface area (Å²) >= 11 is 0. The van der Waals surface area contributed by atoms with Crippen molar-refractivity contribution in [3.8, 4) is 0 Å². The highest BCUT2D eigenvalue weighted by molar-refractivity contribution is 6.30. The van der Waals surface area contributed by atoms with Gasteiger partial charge in [-0.1, -0.05) is 36.4 Å². The van der Waals surface area contributed by atoms with Crippen molar-refractivity contribution < 1.29 is 9.63 Å². The first kappa shape index (κ1) is 15.6. The molecule has 5 aromatic rings. The van der Waals surface area contributed by atoms with Crippen molar-refractivity contribution in [2.24, 2.45) is 5.90 Å². The van der Waals surface area contributed by atoms with Crippen LogP contribution in [0.1, 0.15) is 28.6 Å². The van der Waals surface area contributed by atoms with E-state index in [1.165, 1.54) is 0 Å². The zero-order valence-corrected chi connectivity index (χ0v) is 15.6. The quantitative estimate of drug-likeness (QED) is 0.431. The van der Waals surface area contributed by atoms with Crippen LogP contribution in [0, 0.1) is 0 Å². The maximum Gasteiger partial charge on any atom is 0.252 e. The van der Waals surface area contributed by atoms with Gasteiger partial charge in [-0.25, -0.2) is 5.90 Å². The fourth-order valence-corrected chi connectivity index (χ4v) is 5.59. The molecule has 3 N–H and O–H groups in total. The van der Waals surface area contributed by atoms with Crippen molar-refractivity contribution in [2.75, 3.05) is 0 Å². The van der Waals surface area contributed by atoms with Gasteiger partial charge in [0.2, 0.25) is 0 Å². The second-order valence-electron chi connectivity index (χ2n) is 7.92. The zero-order chi connectivity index (χ0) is 19.3. The number of nitrogens with zero attached hydrogens (tertiary/aromatic N) is 2. The molecule has 0 saturated heterocycles. The van der Waals surface area contributed by atoms with Crippen LogP contribution in [-0.4, -0.2) is 15.0 Å². The third-order valence-corrected chi connectivity index (χ3v) is 6.66. The smallest absolute Gasteiger partial charge is 0.252 e. The molecule has 142 valence electrons. The van der Waals surface area contributed by atoms with E-state index in [1.54, 1.807) is 0 Å². The van der Waals surface area contributed by atoms with Crippen LogP contribution in [0.2, 0.25) is 0 Å². The molecule has 0 fully saturated rings. The van der Waals surface area contributed by atoms with E-state index in [1.807, 2.05) is 18.2 Å². The Morgan fingerprint density at radius 2 is 1.69 bits per heavy atom. The van der Waals surface area contributed by atoms with Crippen LogP contribution in [-0.2, 0) is 17.9 Å². The zero-order valence-electron chi connectivity index (χ0n) is 15.6. The predicted octanol–water partition coefficient (Wildman–Crippen LogP) is 3.94. The van der Waals surface area contributed by atoms with Crippen molar-refractivity contribution in [1.82, 2.24) is 14.5 Å². The number of para-hydroxylation sites is 2. The van der Waals surface area contributed by atoms with Crippen LogP contribution >= 0.6 is 0 Å². The molecule has 1 atom stereocenters. The van der Waals surface area contributed by atoms with Crippen molar-refractivity contribution >= 4 is 49.5 Å². The van der Waals surface area contributed by atoms with E-state index >= 15 is 0 Å². The van der Waals surface area contributed by atoms with Gasteiger partial charge in [0.1, 0.15) is 0 Å². The van der Waals surface area contributed by atoms with Crippen LogP contribution in [0.15, 0.2) is 48.5 Å². The first-order chi connectivity index (χ1) is 14.3. The Morgan fingerprint density at radius 3 is 2.48 bits per heavy atom. The van der Waals surface area contributed by atoms with Crippen LogP contribution in [0.4, 0.5) is 0 Å². The minimum atomic E-state index is -0.262. The Morgan fingerprint density at radius 1 is 0.966 bits per heavy atom. The highest BCUT2D eigenvalue weighted by Crippen LogP contribution is 2.47. The van der Waals surface area contributed by atoms with E-state index in [0.717, 1.165) is 67.7 Å². The molecule has 2 aromatic heterocycles. The molecule has 0 radical (unpaired) electrons. The summed E-state index contributed by atoms with van der Waals surface area (Å²) in [4.78, 5) is 18.5. The van der Waals surface area contributed by atoms with Crippen LogP contribution in [0.25, 0.3) is 43.6 Å². The molecular formula is C23H18N4O2. The molecule has 29 heavy (non-hydrogen) atoms. The van der Waals surface area contributed by atoms with Crippen molar-refractivity contribution in [3.05, 3.63) is 59.7 Å². The van der Waals surface area contributed by atoms with E-state index in [9.17, 15) is 4.79 Å². The number of fused-ring (bicyclic) bond motifs is 9. The normalized spacial score (nSPS) is 18.2. The molecule has 0 bridgehead atoms. The summed E-state index contributed by atoms with van der Waals surface area (Å²) in [5, 5.41) is 7.50. The van der Waals surface area contributed by atoms with Gasteiger partial charge in [-0.2, -0.15) is 0 Å². The highest BCUT2D eigenvalue weighted by Gasteiger charge is 2.34. The summed E-state index contributed by atoms with van der Waals surface area (Å²) in [7, 11) is 0. The first-order valence-corrected chi connectivity index (χ1v) is 9.91. The van der Waals surface area contributed by atoms with Gasteiger partial charge in [0.05, 0.1) is 22.1 Å². The molecule has 3 aromatic carbocycles. The van der Waals surface area contributed by atoms with Gasteiger partial charge in [0.15, 0.2) is 6.23 Å². The Labute approximate surface area is 165 Å². The third-order valence-electron chi connectivity index (χ3n) is 6.66. The summed E-state index contributed by atoms with van der Waals surface area (Å²) in [5.74, 6) is 5.79. The highest BCUT2D eigenvalue weighted by atomic mass is 16.6. The molecule has 1 amide bonds. The molecular weight excluding hydrogens is 364 g/mol. The lowest BCUT2D eigenvalue weighted by Gasteiger charge is -2.17. The SMILES string of the molecule is NOC1CCn2c3ccccc3c3c4c(c5c6ccccc6n1c5c32)CNC4=O. The average molecular weight is 382 g/mol. The fraction of sp³-hybridized carbons (Fsp3) is 0.174. The minimum absolute atomic E-state index is 0.0116. The van der Waals surface area contributed by atoms with Gasteiger partial charge in [-0.15, -0.1) is 0 Å².